The van der Waals surface area contributed by atoms with Crippen LogP contribution in [0.5, 0.6) is 0 Å². The fraction of sp³-hybridized carbons (Fsp3) is 0.0800. The Morgan fingerprint density at radius 1 is 1.09 bits per heavy atom. The summed E-state index contributed by atoms with van der Waals surface area (Å²) < 4.78 is 14.5. The maximum Gasteiger partial charge on any atom is 0.302 e. The second-order valence-electron chi connectivity index (χ2n) is 7.77. The first-order valence-electron chi connectivity index (χ1n) is 10.1. The molecule has 0 aliphatic carbocycles. The minimum absolute atomic E-state index is 0.0421. The number of aliphatic hydroxyl groups is 1. The van der Waals surface area contributed by atoms with Crippen LogP contribution in [0.2, 0.25) is 0 Å². The van der Waals surface area contributed by atoms with Gasteiger partial charge in [0.05, 0.1) is 22.6 Å². The first kappa shape index (κ1) is 21.1. The van der Waals surface area contributed by atoms with E-state index in [-0.39, 0.29) is 17.3 Å². The van der Waals surface area contributed by atoms with Crippen molar-refractivity contribution in [2.75, 3.05) is 4.90 Å². The molecule has 164 valence electrons. The first-order valence-corrected chi connectivity index (χ1v) is 10.9. The summed E-state index contributed by atoms with van der Waals surface area (Å²) in [6, 6.07) is 17.2. The van der Waals surface area contributed by atoms with E-state index in [1.54, 1.807) is 42.5 Å². The van der Waals surface area contributed by atoms with Gasteiger partial charge in [-0.2, -0.15) is 0 Å². The van der Waals surface area contributed by atoms with Gasteiger partial charge in [0.2, 0.25) is 5.95 Å². The Morgan fingerprint density at radius 2 is 1.85 bits per heavy atom. The van der Waals surface area contributed by atoms with Crippen LogP contribution in [0.15, 0.2) is 76.8 Å². The summed E-state index contributed by atoms with van der Waals surface area (Å²) in [5.41, 5.74) is 2.70. The van der Waals surface area contributed by atoms with Crippen molar-refractivity contribution in [3.63, 3.8) is 0 Å². The second kappa shape index (κ2) is 7.97. The van der Waals surface area contributed by atoms with E-state index in [1.165, 1.54) is 23.1 Å². The standard InChI is InChI=1S/C25H17BrFN3O3/c1-13-11-15(7-9-17(13)26)22(31)20-21(14-5-3-2-4-6-14)30(24(33)23(20)32)25-28-18-10-8-16(27)12-19(18)29-25/h2-12,21,31H,1H3,(H,28,29)/b22-20+. The maximum atomic E-state index is 13.7. The highest BCUT2D eigenvalue weighted by molar-refractivity contribution is 9.10. The van der Waals surface area contributed by atoms with Crippen molar-refractivity contribution in [3.8, 4) is 0 Å². The fourth-order valence-electron chi connectivity index (χ4n) is 4.03. The monoisotopic (exact) mass is 505 g/mol. The molecular weight excluding hydrogens is 489 g/mol. The summed E-state index contributed by atoms with van der Waals surface area (Å²) in [6.45, 7) is 1.86. The number of aromatic nitrogens is 2. The summed E-state index contributed by atoms with van der Waals surface area (Å²) in [4.78, 5) is 34.9. The van der Waals surface area contributed by atoms with E-state index in [9.17, 15) is 19.1 Å². The van der Waals surface area contributed by atoms with E-state index >= 15 is 0 Å². The molecular formula is C25H17BrFN3O3. The molecule has 1 fully saturated rings. The highest BCUT2D eigenvalue weighted by Crippen LogP contribution is 2.41. The summed E-state index contributed by atoms with van der Waals surface area (Å²) in [7, 11) is 0. The van der Waals surface area contributed by atoms with Crippen LogP contribution in [0.4, 0.5) is 10.3 Å². The Balaban J connectivity index is 1.73. The van der Waals surface area contributed by atoms with Crippen LogP contribution in [0.25, 0.3) is 16.8 Å². The number of carbonyl (C=O) groups is 2. The minimum atomic E-state index is -0.916. The molecule has 0 radical (unpaired) electrons. The minimum Gasteiger partial charge on any atom is -0.507 e. The van der Waals surface area contributed by atoms with E-state index in [0.717, 1.165) is 10.0 Å². The number of nitrogens with zero attached hydrogens (tertiary/aromatic N) is 2. The molecule has 1 saturated heterocycles. The SMILES string of the molecule is Cc1cc(/C(O)=C2\C(=O)C(=O)N(c3nc4ccc(F)cc4[nH]3)C2c2ccccc2)ccc1Br. The maximum absolute atomic E-state index is 13.7. The number of hydrogen-bond acceptors (Lipinski definition) is 4. The average Bonchev–Trinajstić information content (AvgIpc) is 3.33. The third-order valence-electron chi connectivity index (χ3n) is 5.65. The summed E-state index contributed by atoms with van der Waals surface area (Å²) in [5.74, 6) is -2.29. The molecule has 3 aromatic carbocycles. The Morgan fingerprint density at radius 3 is 2.58 bits per heavy atom. The van der Waals surface area contributed by atoms with Gasteiger partial charge in [0.15, 0.2) is 0 Å². The highest BCUT2D eigenvalue weighted by Gasteiger charge is 2.48. The Hall–Kier alpha value is -3.78. The number of Topliss-reactive ketones (excluding diaryl/α,β-unsaturated/α-hetero) is 1. The van der Waals surface area contributed by atoms with Gasteiger partial charge >= 0.3 is 5.91 Å². The van der Waals surface area contributed by atoms with Crippen LogP contribution in [0, 0.1) is 12.7 Å². The number of hydrogen-bond donors (Lipinski definition) is 2. The number of benzene rings is 3. The van der Waals surface area contributed by atoms with E-state index in [2.05, 4.69) is 25.9 Å². The van der Waals surface area contributed by atoms with Crippen LogP contribution in [-0.2, 0) is 9.59 Å². The van der Waals surface area contributed by atoms with Gasteiger partial charge in [-0.3, -0.25) is 14.5 Å². The lowest BCUT2D eigenvalue weighted by Gasteiger charge is -2.23. The quantitative estimate of drug-likeness (QED) is 0.221. The van der Waals surface area contributed by atoms with Crippen molar-refractivity contribution < 1.29 is 19.1 Å². The van der Waals surface area contributed by atoms with Gasteiger partial charge in [-0.05, 0) is 48.4 Å². The highest BCUT2D eigenvalue weighted by atomic mass is 79.9. The predicted molar refractivity (Wildman–Crippen MR) is 126 cm³/mol. The fourth-order valence-corrected chi connectivity index (χ4v) is 4.28. The second-order valence-corrected chi connectivity index (χ2v) is 8.62. The van der Waals surface area contributed by atoms with Crippen LogP contribution < -0.4 is 4.90 Å². The number of fused-ring (bicyclic) bond motifs is 1. The summed E-state index contributed by atoms with van der Waals surface area (Å²) in [5, 5.41) is 11.2. The zero-order valence-electron chi connectivity index (χ0n) is 17.3. The first-order chi connectivity index (χ1) is 15.8. The molecule has 0 saturated carbocycles. The van der Waals surface area contributed by atoms with Gasteiger partial charge in [-0.1, -0.05) is 52.3 Å². The number of H-pyrrole nitrogens is 1. The number of aromatic amines is 1. The number of anilines is 1. The zero-order valence-corrected chi connectivity index (χ0v) is 18.9. The van der Waals surface area contributed by atoms with Gasteiger partial charge in [0.25, 0.3) is 5.78 Å². The number of ketones is 1. The molecule has 1 aliphatic rings. The largest absolute Gasteiger partial charge is 0.507 e. The molecule has 5 rings (SSSR count). The number of nitrogens with one attached hydrogen (secondary N) is 1. The number of imidazole rings is 1. The van der Waals surface area contributed by atoms with Gasteiger partial charge in [-0.15, -0.1) is 0 Å². The molecule has 2 N–H and O–H groups in total. The van der Waals surface area contributed by atoms with Crippen LogP contribution >= 0.6 is 15.9 Å². The molecule has 2 heterocycles. The Kier molecular flexibility index (Phi) is 5.09. The van der Waals surface area contributed by atoms with Crippen molar-refractivity contribution in [1.29, 1.82) is 0 Å². The summed E-state index contributed by atoms with van der Waals surface area (Å²) in [6.07, 6.45) is 0. The van der Waals surface area contributed by atoms with E-state index in [0.29, 0.717) is 22.2 Å². The van der Waals surface area contributed by atoms with E-state index in [1.807, 2.05) is 13.0 Å². The van der Waals surface area contributed by atoms with E-state index in [4.69, 9.17) is 0 Å². The molecule has 0 spiro atoms. The lowest BCUT2D eigenvalue weighted by atomic mass is 9.95. The Labute approximate surface area is 196 Å². The number of amides is 1. The van der Waals surface area contributed by atoms with Crippen LogP contribution in [0.3, 0.4) is 0 Å². The number of rotatable bonds is 3. The Bertz CT molecular complexity index is 1460. The molecule has 0 bridgehead atoms. The third-order valence-corrected chi connectivity index (χ3v) is 6.54. The van der Waals surface area contributed by atoms with Crippen molar-refractivity contribution in [1.82, 2.24) is 9.97 Å². The molecule has 33 heavy (non-hydrogen) atoms. The average molecular weight is 506 g/mol. The molecule has 8 heteroatoms. The molecule has 1 amide bonds. The smallest absolute Gasteiger partial charge is 0.302 e. The van der Waals surface area contributed by atoms with Gasteiger partial charge in [0.1, 0.15) is 11.6 Å². The molecule has 4 aromatic rings. The predicted octanol–water partition coefficient (Wildman–Crippen LogP) is 5.40. The number of aliphatic hydroxyl groups excluding tert-OH is 1. The van der Waals surface area contributed by atoms with E-state index < -0.39 is 23.5 Å². The number of aryl methyl sites for hydroxylation is 1. The number of halogens is 2. The zero-order chi connectivity index (χ0) is 23.3. The van der Waals surface area contributed by atoms with Gasteiger partial charge < -0.3 is 10.1 Å². The van der Waals surface area contributed by atoms with Crippen LogP contribution in [-0.4, -0.2) is 26.8 Å². The molecule has 1 aromatic heterocycles. The lowest BCUT2D eigenvalue weighted by molar-refractivity contribution is -0.132. The third kappa shape index (κ3) is 3.52. The molecule has 1 atom stereocenters. The normalized spacial score (nSPS) is 17.8. The van der Waals surface area contributed by atoms with Crippen LogP contribution in [0.1, 0.15) is 22.7 Å². The van der Waals surface area contributed by atoms with Crippen molar-refractivity contribution >= 4 is 50.4 Å². The van der Waals surface area contributed by atoms with Crippen molar-refractivity contribution in [3.05, 3.63) is 99.3 Å². The van der Waals surface area contributed by atoms with Gasteiger partial charge in [-0.25, -0.2) is 9.37 Å². The molecule has 1 aliphatic heterocycles. The topological polar surface area (TPSA) is 86.3 Å². The van der Waals surface area contributed by atoms with Gasteiger partial charge in [0, 0.05) is 10.0 Å². The van der Waals surface area contributed by atoms with Crippen molar-refractivity contribution in [2.24, 2.45) is 0 Å². The molecule has 1 unspecified atom stereocenters. The molecule has 6 nitrogen and oxygen atoms in total. The lowest BCUT2D eigenvalue weighted by Crippen LogP contribution is -2.30. The number of carbonyl (C=O) groups excluding carboxylic acids is 2. The van der Waals surface area contributed by atoms with Crippen molar-refractivity contribution in [2.45, 2.75) is 13.0 Å². The summed E-state index contributed by atoms with van der Waals surface area (Å²) >= 11 is 3.43.